The molecule has 0 aliphatic rings. The summed E-state index contributed by atoms with van der Waals surface area (Å²) >= 11 is 5.78. The largest absolute Gasteiger partial charge is 0.482 e. The molecule has 3 aromatic rings. The van der Waals surface area contributed by atoms with Gasteiger partial charge >= 0.3 is 5.97 Å². The van der Waals surface area contributed by atoms with E-state index in [4.69, 9.17) is 21.1 Å². The summed E-state index contributed by atoms with van der Waals surface area (Å²) < 4.78 is 11.9. The van der Waals surface area contributed by atoms with Gasteiger partial charge in [0.15, 0.2) is 6.61 Å². The van der Waals surface area contributed by atoms with Gasteiger partial charge in [0, 0.05) is 11.6 Å². The number of nitrogens with zero attached hydrogens (tertiary/aromatic N) is 2. The number of aromatic nitrogens is 2. The number of benzene rings is 2. The predicted molar refractivity (Wildman–Crippen MR) is 98.5 cm³/mol. The summed E-state index contributed by atoms with van der Waals surface area (Å²) in [5.41, 5.74) is 0.563. The third-order valence-electron chi connectivity index (χ3n) is 3.71. The van der Waals surface area contributed by atoms with Gasteiger partial charge in [-0.25, -0.2) is 9.78 Å². The molecule has 0 radical (unpaired) electrons. The molecule has 26 heavy (non-hydrogen) atoms. The molecule has 134 valence electrons. The Kier molecular flexibility index (Phi) is 5.86. The zero-order valence-corrected chi connectivity index (χ0v) is 14.7. The quantitative estimate of drug-likeness (QED) is 0.471. The van der Waals surface area contributed by atoms with Gasteiger partial charge in [0.2, 0.25) is 0 Å². The van der Waals surface area contributed by atoms with Crippen molar-refractivity contribution >= 4 is 28.5 Å². The topological polar surface area (TPSA) is 70.4 Å². The summed E-state index contributed by atoms with van der Waals surface area (Å²) in [6.45, 7) is 0.434. The normalized spacial score (nSPS) is 10.7. The van der Waals surface area contributed by atoms with E-state index < -0.39 is 5.97 Å². The SMILES string of the molecule is O=C(COc1ccc(Cl)cc1)OCCCn1cnc2ccccc2c1=O. The van der Waals surface area contributed by atoms with Crippen LogP contribution in [0.1, 0.15) is 6.42 Å². The number of carbonyl (C=O) groups excluding carboxylic acids is 1. The van der Waals surface area contributed by atoms with Crippen LogP contribution in [0.3, 0.4) is 0 Å². The molecule has 0 aliphatic carbocycles. The second-order valence-electron chi connectivity index (χ2n) is 5.58. The Balaban J connectivity index is 1.44. The van der Waals surface area contributed by atoms with Crippen molar-refractivity contribution in [2.75, 3.05) is 13.2 Å². The Labute approximate surface area is 154 Å². The van der Waals surface area contributed by atoms with Crippen molar-refractivity contribution in [2.24, 2.45) is 0 Å². The number of aryl methyl sites for hydroxylation is 1. The lowest BCUT2D eigenvalue weighted by molar-refractivity contribution is -0.146. The molecule has 0 saturated carbocycles. The van der Waals surface area contributed by atoms with Crippen LogP contribution in [0.5, 0.6) is 5.75 Å². The Morgan fingerprint density at radius 1 is 1.12 bits per heavy atom. The van der Waals surface area contributed by atoms with Crippen molar-refractivity contribution in [3.8, 4) is 5.75 Å². The van der Waals surface area contributed by atoms with E-state index in [0.717, 1.165) is 0 Å². The highest BCUT2D eigenvalue weighted by molar-refractivity contribution is 6.30. The number of fused-ring (bicyclic) bond motifs is 1. The Hall–Kier alpha value is -2.86. The number of hydrogen-bond donors (Lipinski definition) is 0. The summed E-state index contributed by atoms with van der Waals surface area (Å²) in [4.78, 5) is 28.3. The standard InChI is InChI=1S/C19H17ClN2O4/c20-14-6-8-15(9-7-14)26-12-18(23)25-11-3-10-22-13-21-17-5-2-1-4-16(17)19(22)24/h1-2,4-9,13H,3,10-12H2. The summed E-state index contributed by atoms with van der Waals surface area (Å²) in [5.74, 6) is 0.0732. The van der Waals surface area contributed by atoms with Crippen molar-refractivity contribution in [3.05, 3.63) is 70.2 Å². The highest BCUT2D eigenvalue weighted by atomic mass is 35.5. The highest BCUT2D eigenvalue weighted by Gasteiger charge is 2.06. The predicted octanol–water partition coefficient (Wildman–Crippen LogP) is 3.06. The molecule has 0 spiro atoms. The molecule has 3 rings (SSSR count). The fourth-order valence-corrected chi connectivity index (χ4v) is 2.53. The lowest BCUT2D eigenvalue weighted by atomic mass is 10.2. The van der Waals surface area contributed by atoms with Gasteiger partial charge in [-0.15, -0.1) is 0 Å². The number of ether oxygens (including phenoxy) is 2. The average Bonchev–Trinajstić information content (AvgIpc) is 2.66. The maximum atomic E-state index is 12.3. The second-order valence-corrected chi connectivity index (χ2v) is 6.01. The van der Waals surface area contributed by atoms with Crippen molar-refractivity contribution in [2.45, 2.75) is 13.0 Å². The van der Waals surface area contributed by atoms with Crippen molar-refractivity contribution in [1.82, 2.24) is 9.55 Å². The number of hydrogen-bond acceptors (Lipinski definition) is 5. The summed E-state index contributed by atoms with van der Waals surface area (Å²) in [6, 6.07) is 13.9. The van der Waals surface area contributed by atoms with Gasteiger partial charge in [-0.3, -0.25) is 9.36 Å². The molecule has 7 heteroatoms. The van der Waals surface area contributed by atoms with Crippen LogP contribution < -0.4 is 10.3 Å². The number of halogens is 1. The molecular weight excluding hydrogens is 356 g/mol. The van der Waals surface area contributed by atoms with E-state index in [1.807, 2.05) is 6.07 Å². The zero-order valence-electron chi connectivity index (χ0n) is 13.9. The zero-order chi connectivity index (χ0) is 18.4. The first-order chi connectivity index (χ1) is 12.6. The van der Waals surface area contributed by atoms with Gasteiger partial charge in [-0.2, -0.15) is 0 Å². The minimum Gasteiger partial charge on any atom is -0.482 e. The fraction of sp³-hybridized carbons (Fsp3) is 0.211. The Morgan fingerprint density at radius 2 is 1.88 bits per heavy atom. The molecule has 0 N–H and O–H groups in total. The Bertz CT molecular complexity index is 954. The van der Waals surface area contributed by atoms with Crippen LogP contribution in [0.25, 0.3) is 10.9 Å². The van der Waals surface area contributed by atoms with Crippen molar-refractivity contribution in [1.29, 1.82) is 0 Å². The van der Waals surface area contributed by atoms with Gasteiger partial charge in [0.1, 0.15) is 5.75 Å². The number of rotatable bonds is 7. The first kappa shape index (κ1) is 17.9. The molecule has 1 aromatic heterocycles. The molecule has 0 amide bonds. The molecule has 0 aliphatic heterocycles. The second kappa shape index (κ2) is 8.49. The van der Waals surface area contributed by atoms with E-state index in [1.54, 1.807) is 42.5 Å². The van der Waals surface area contributed by atoms with Gasteiger partial charge in [0.05, 0.1) is 23.8 Å². The summed E-state index contributed by atoms with van der Waals surface area (Å²) in [6.07, 6.45) is 2.02. The van der Waals surface area contributed by atoms with E-state index in [0.29, 0.717) is 34.6 Å². The van der Waals surface area contributed by atoms with Crippen LogP contribution in [-0.2, 0) is 16.1 Å². The van der Waals surface area contributed by atoms with Crippen LogP contribution in [-0.4, -0.2) is 28.7 Å². The summed E-state index contributed by atoms with van der Waals surface area (Å²) in [5, 5.41) is 1.17. The first-order valence-corrected chi connectivity index (χ1v) is 8.49. The van der Waals surface area contributed by atoms with Crippen LogP contribution in [0.2, 0.25) is 5.02 Å². The molecule has 0 unspecified atom stereocenters. The fourth-order valence-electron chi connectivity index (χ4n) is 2.40. The molecule has 0 fully saturated rings. The van der Waals surface area contributed by atoms with Crippen LogP contribution in [0.4, 0.5) is 0 Å². The van der Waals surface area contributed by atoms with Gasteiger partial charge < -0.3 is 9.47 Å². The number of esters is 1. The minimum absolute atomic E-state index is 0.104. The van der Waals surface area contributed by atoms with E-state index in [2.05, 4.69) is 4.98 Å². The molecule has 0 saturated heterocycles. The van der Waals surface area contributed by atoms with Crippen molar-refractivity contribution < 1.29 is 14.3 Å². The lowest BCUT2D eigenvalue weighted by Crippen LogP contribution is -2.22. The molecule has 0 atom stereocenters. The minimum atomic E-state index is -0.469. The first-order valence-electron chi connectivity index (χ1n) is 8.11. The molecule has 1 heterocycles. The molecular formula is C19H17ClN2O4. The molecule has 2 aromatic carbocycles. The third-order valence-corrected chi connectivity index (χ3v) is 3.96. The maximum Gasteiger partial charge on any atom is 0.344 e. The highest BCUT2D eigenvalue weighted by Crippen LogP contribution is 2.15. The van der Waals surface area contributed by atoms with E-state index in [-0.39, 0.29) is 18.8 Å². The van der Waals surface area contributed by atoms with Crippen LogP contribution in [0, 0.1) is 0 Å². The maximum absolute atomic E-state index is 12.3. The van der Waals surface area contributed by atoms with Crippen LogP contribution in [0.15, 0.2) is 59.7 Å². The van der Waals surface area contributed by atoms with Gasteiger partial charge in [0.25, 0.3) is 5.56 Å². The average molecular weight is 373 g/mol. The third kappa shape index (κ3) is 4.61. The smallest absolute Gasteiger partial charge is 0.344 e. The summed E-state index contributed by atoms with van der Waals surface area (Å²) in [7, 11) is 0. The van der Waals surface area contributed by atoms with Gasteiger partial charge in [-0.05, 0) is 42.8 Å². The monoisotopic (exact) mass is 372 g/mol. The van der Waals surface area contributed by atoms with Gasteiger partial charge in [-0.1, -0.05) is 23.7 Å². The molecule has 0 bridgehead atoms. The molecule has 6 nitrogen and oxygen atoms in total. The van der Waals surface area contributed by atoms with Crippen LogP contribution >= 0.6 is 11.6 Å². The van der Waals surface area contributed by atoms with E-state index in [9.17, 15) is 9.59 Å². The van der Waals surface area contributed by atoms with E-state index >= 15 is 0 Å². The Morgan fingerprint density at radius 3 is 2.69 bits per heavy atom. The van der Waals surface area contributed by atoms with Crippen molar-refractivity contribution in [3.63, 3.8) is 0 Å². The number of para-hydroxylation sites is 1. The van der Waals surface area contributed by atoms with E-state index in [1.165, 1.54) is 10.9 Å². The number of carbonyl (C=O) groups is 1. The lowest BCUT2D eigenvalue weighted by Gasteiger charge is -2.08.